The largest absolute Gasteiger partial charge is 0.490 e. The van der Waals surface area contributed by atoms with E-state index in [2.05, 4.69) is 15.8 Å². The molecule has 4 aromatic carbocycles. The van der Waals surface area contributed by atoms with E-state index >= 15 is 0 Å². The van der Waals surface area contributed by atoms with Crippen LogP contribution in [0.1, 0.15) is 56.0 Å². The number of nitrogens with one attached hydrogen (secondary N) is 2. The topological polar surface area (TPSA) is 115 Å². The van der Waals surface area contributed by atoms with Gasteiger partial charge in [-0.2, -0.15) is 5.10 Å². The fourth-order valence-corrected chi connectivity index (χ4v) is 4.15. The molecule has 0 aliphatic carbocycles. The fourth-order valence-electron chi connectivity index (χ4n) is 3.97. The van der Waals surface area contributed by atoms with Gasteiger partial charge in [0.1, 0.15) is 5.75 Å². The van der Waals surface area contributed by atoms with Gasteiger partial charge in [-0.05, 0) is 93.6 Å². The molecule has 0 spiro atoms. The quantitative estimate of drug-likeness (QED) is 0.0860. The van der Waals surface area contributed by atoms with Crippen molar-refractivity contribution >= 4 is 41.3 Å². The molecule has 0 saturated heterocycles. The van der Waals surface area contributed by atoms with Crippen LogP contribution in [0.3, 0.4) is 0 Å². The summed E-state index contributed by atoms with van der Waals surface area (Å²) in [5.74, 6) is -0.210. The Morgan fingerprint density at radius 3 is 2.19 bits per heavy atom. The second-order valence-electron chi connectivity index (χ2n) is 9.20. The number of hydrogen-bond acceptors (Lipinski definition) is 7. The molecule has 0 fully saturated rings. The van der Waals surface area contributed by atoms with Crippen molar-refractivity contribution in [2.24, 2.45) is 5.10 Å². The van der Waals surface area contributed by atoms with E-state index in [0.717, 1.165) is 5.56 Å². The molecule has 0 radical (unpaired) electrons. The number of ether oxygens (including phenoxy) is 3. The zero-order valence-electron chi connectivity index (χ0n) is 23.8. The number of amides is 2. The third-order valence-electron chi connectivity index (χ3n) is 6.01. The first-order valence-corrected chi connectivity index (χ1v) is 13.9. The summed E-state index contributed by atoms with van der Waals surface area (Å²) in [5.41, 5.74) is 5.45. The first kappa shape index (κ1) is 30.8. The predicted molar refractivity (Wildman–Crippen MR) is 166 cm³/mol. The standard InChI is InChI=1S/C33H30ClN3O6/c1-4-41-29-15-11-24(19-30(29)42-5-2)33(40)43-28-16-12-26(34)18-25(28)20-35-37-32(39)22-9-13-27(14-10-22)36-31(38)23-8-6-7-21(3)17-23/h6-20H,4-5H2,1-3H3,(H,36,38)(H,37,39)/b35-20+. The summed E-state index contributed by atoms with van der Waals surface area (Å²) in [7, 11) is 0. The highest BCUT2D eigenvalue weighted by Crippen LogP contribution is 2.30. The van der Waals surface area contributed by atoms with Gasteiger partial charge in [0.25, 0.3) is 11.8 Å². The molecular formula is C33H30ClN3O6. The number of rotatable bonds is 11. The zero-order valence-corrected chi connectivity index (χ0v) is 24.6. The highest BCUT2D eigenvalue weighted by molar-refractivity contribution is 6.31. The van der Waals surface area contributed by atoms with Gasteiger partial charge in [0.2, 0.25) is 0 Å². The molecule has 2 amide bonds. The van der Waals surface area contributed by atoms with Crippen LogP contribution in [0.4, 0.5) is 5.69 Å². The fraction of sp³-hybridized carbons (Fsp3) is 0.152. The lowest BCUT2D eigenvalue weighted by molar-refractivity contribution is 0.0733. The molecule has 0 aliphatic rings. The van der Waals surface area contributed by atoms with Gasteiger partial charge in [0, 0.05) is 27.4 Å². The Kier molecular flexibility index (Phi) is 10.5. The summed E-state index contributed by atoms with van der Waals surface area (Å²) < 4.78 is 16.8. The monoisotopic (exact) mass is 599 g/mol. The van der Waals surface area contributed by atoms with Crippen molar-refractivity contribution in [2.75, 3.05) is 18.5 Å². The van der Waals surface area contributed by atoms with Gasteiger partial charge in [0.05, 0.1) is 25.0 Å². The number of aryl methyl sites for hydroxylation is 1. The van der Waals surface area contributed by atoms with E-state index in [1.165, 1.54) is 12.3 Å². The van der Waals surface area contributed by atoms with Crippen LogP contribution in [-0.4, -0.2) is 37.2 Å². The molecule has 0 atom stereocenters. The van der Waals surface area contributed by atoms with Gasteiger partial charge in [-0.15, -0.1) is 0 Å². The van der Waals surface area contributed by atoms with Gasteiger partial charge in [0.15, 0.2) is 11.5 Å². The van der Waals surface area contributed by atoms with E-state index in [-0.39, 0.29) is 17.2 Å². The second kappa shape index (κ2) is 14.7. The second-order valence-corrected chi connectivity index (χ2v) is 9.64. The molecule has 0 aromatic heterocycles. The molecule has 0 saturated carbocycles. The van der Waals surface area contributed by atoms with Gasteiger partial charge >= 0.3 is 5.97 Å². The van der Waals surface area contributed by atoms with E-state index in [1.54, 1.807) is 66.7 Å². The molecule has 0 aliphatic heterocycles. The summed E-state index contributed by atoms with van der Waals surface area (Å²) in [6.07, 6.45) is 1.33. The molecule has 9 nitrogen and oxygen atoms in total. The molecule has 220 valence electrons. The lowest BCUT2D eigenvalue weighted by Gasteiger charge is -2.13. The Morgan fingerprint density at radius 2 is 1.47 bits per heavy atom. The van der Waals surface area contributed by atoms with Crippen LogP contribution in [0.5, 0.6) is 17.2 Å². The van der Waals surface area contributed by atoms with Gasteiger partial charge in [-0.3, -0.25) is 9.59 Å². The summed E-state index contributed by atoms with van der Waals surface area (Å²) in [6.45, 7) is 6.45. The van der Waals surface area contributed by atoms with E-state index in [1.807, 2.05) is 32.9 Å². The average molecular weight is 600 g/mol. The normalized spacial score (nSPS) is 10.7. The van der Waals surface area contributed by atoms with E-state index in [0.29, 0.717) is 52.1 Å². The van der Waals surface area contributed by atoms with Crippen molar-refractivity contribution in [3.8, 4) is 17.2 Å². The van der Waals surface area contributed by atoms with Crippen molar-refractivity contribution < 1.29 is 28.6 Å². The van der Waals surface area contributed by atoms with Crippen LogP contribution >= 0.6 is 11.6 Å². The SMILES string of the molecule is CCOc1ccc(C(=O)Oc2ccc(Cl)cc2/C=N/NC(=O)c2ccc(NC(=O)c3cccc(C)c3)cc2)cc1OCC. The van der Waals surface area contributed by atoms with E-state index < -0.39 is 11.9 Å². The van der Waals surface area contributed by atoms with Crippen molar-refractivity contribution in [2.45, 2.75) is 20.8 Å². The molecule has 43 heavy (non-hydrogen) atoms. The molecule has 10 heteroatoms. The Balaban J connectivity index is 1.40. The maximum absolute atomic E-state index is 12.9. The first-order chi connectivity index (χ1) is 20.8. The Bertz CT molecular complexity index is 1650. The number of nitrogens with zero attached hydrogens (tertiary/aromatic N) is 1. The number of hydrazone groups is 1. The molecule has 4 aromatic rings. The van der Waals surface area contributed by atoms with Crippen molar-refractivity contribution in [3.05, 3.63) is 118 Å². The smallest absolute Gasteiger partial charge is 0.343 e. The summed E-state index contributed by atoms with van der Waals surface area (Å²) in [5, 5.41) is 7.20. The number of benzene rings is 4. The van der Waals surface area contributed by atoms with Crippen molar-refractivity contribution in [1.82, 2.24) is 5.43 Å². The molecule has 0 unspecified atom stereocenters. The average Bonchev–Trinajstić information content (AvgIpc) is 2.99. The highest BCUT2D eigenvalue weighted by atomic mass is 35.5. The number of anilines is 1. The Hall–Kier alpha value is -5.15. The third-order valence-corrected chi connectivity index (χ3v) is 6.24. The molecular weight excluding hydrogens is 570 g/mol. The van der Waals surface area contributed by atoms with Crippen LogP contribution in [0.15, 0.2) is 90.0 Å². The maximum atomic E-state index is 12.9. The zero-order chi connectivity index (χ0) is 30.8. The first-order valence-electron chi connectivity index (χ1n) is 13.5. The minimum absolute atomic E-state index is 0.188. The minimum Gasteiger partial charge on any atom is -0.490 e. The lowest BCUT2D eigenvalue weighted by atomic mass is 10.1. The van der Waals surface area contributed by atoms with Crippen LogP contribution in [-0.2, 0) is 0 Å². The number of hydrogen-bond donors (Lipinski definition) is 2. The van der Waals surface area contributed by atoms with E-state index in [9.17, 15) is 14.4 Å². The minimum atomic E-state index is -0.625. The van der Waals surface area contributed by atoms with Crippen molar-refractivity contribution in [1.29, 1.82) is 0 Å². The number of carbonyl (C=O) groups is 3. The Morgan fingerprint density at radius 1 is 0.767 bits per heavy atom. The van der Waals surface area contributed by atoms with Crippen LogP contribution in [0.2, 0.25) is 5.02 Å². The van der Waals surface area contributed by atoms with Gasteiger partial charge in [-0.25, -0.2) is 10.2 Å². The summed E-state index contributed by atoms with van der Waals surface area (Å²) >= 11 is 6.16. The molecule has 0 heterocycles. The third kappa shape index (κ3) is 8.43. The molecule has 0 bridgehead atoms. The summed E-state index contributed by atoms with van der Waals surface area (Å²) in [4.78, 5) is 38.1. The number of esters is 1. The van der Waals surface area contributed by atoms with Crippen LogP contribution < -0.4 is 25.0 Å². The maximum Gasteiger partial charge on any atom is 0.343 e. The number of halogens is 1. The van der Waals surface area contributed by atoms with Crippen LogP contribution in [0.25, 0.3) is 0 Å². The van der Waals surface area contributed by atoms with Crippen molar-refractivity contribution in [3.63, 3.8) is 0 Å². The molecule has 4 rings (SSSR count). The van der Waals surface area contributed by atoms with E-state index in [4.69, 9.17) is 25.8 Å². The predicted octanol–water partition coefficient (Wildman–Crippen LogP) is 6.68. The summed E-state index contributed by atoms with van der Waals surface area (Å²) in [6, 6.07) is 23.1. The number of carbonyl (C=O) groups excluding carboxylic acids is 3. The Labute approximate surface area is 254 Å². The van der Waals surface area contributed by atoms with Crippen LogP contribution in [0, 0.1) is 6.92 Å². The highest BCUT2D eigenvalue weighted by Gasteiger charge is 2.16. The van der Waals surface area contributed by atoms with Gasteiger partial charge < -0.3 is 19.5 Å². The lowest BCUT2D eigenvalue weighted by Crippen LogP contribution is -2.18. The van der Waals surface area contributed by atoms with Gasteiger partial charge in [-0.1, -0.05) is 29.3 Å². The molecule has 2 N–H and O–H groups in total.